The molecule has 4 rings (SSSR count). The van der Waals surface area contributed by atoms with E-state index in [2.05, 4.69) is 26.8 Å². The molecule has 3 aromatic rings. The molecule has 0 radical (unpaired) electrons. The van der Waals surface area contributed by atoms with Crippen LogP contribution in [0.25, 0.3) is 0 Å². The van der Waals surface area contributed by atoms with Crippen LogP contribution in [0.4, 0.5) is 13.2 Å². The molecule has 1 atom stereocenters. The van der Waals surface area contributed by atoms with E-state index >= 15 is 0 Å². The van der Waals surface area contributed by atoms with E-state index in [4.69, 9.17) is 4.74 Å². The number of benzene rings is 1. The van der Waals surface area contributed by atoms with E-state index in [1.54, 1.807) is 12.1 Å². The van der Waals surface area contributed by atoms with Gasteiger partial charge in [-0.2, -0.15) is 13.2 Å². The molecule has 8 heteroatoms. The van der Waals surface area contributed by atoms with E-state index < -0.39 is 17.3 Å². The fourth-order valence-corrected chi connectivity index (χ4v) is 2.71. The zero-order chi connectivity index (χ0) is 21.2. The second-order valence-corrected chi connectivity index (χ2v) is 6.88. The first-order chi connectivity index (χ1) is 14.3. The van der Waals surface area contributed by atoms with Crippen LogP contribution in [0.1, 0.15) is 29.7 Å². The van der Waals surface area contributed by atoms with Gasteiger partial charge in [-0.05, 0) is 49.2 Å². The van der Waals surface area contributed by atoms with Crippen molar-refractivity contribution in [1.29, 1.82) is 0 Å². The highest BCUT2D eigenvalue weighted by molar-refractivity contribution is 5.42. The Hall–Kier alpha value is -3.44. The van der Waals surface area contributed by atoms with Crippen molar-refractivity contribution >= 4 is 0 Å². The van der Waals surface area contributed by atoms with Gasteiger partial charge in [0.1, 0.15) is 17.8 Å². The number of halogens is 3. The molecule has 1 aromatic carbocycles. The first-order valence-electron chi connectivity index (χ1n) is 9.17. The molecule has 5 nitrogen and oxygen atoms in total. The van der Waals surface area contributed by atoms with Crippen molar-refractivity contribution in [2.75, 3.05) is 0 Å². The van der Waals surface area contributed by atoms with E-state index in [1.807, 2.05) is 0 Å². The average Bonchev–Trinajstić information content (AvgIpc) is 3.58. The predicted molar refractivity (Wildman–Crippen MR) is 101 cm³/mol. The zero-order valence-corrected chi connectivity index (χ0v) is 15.6. The molecule has 30 heavy (non-hydrogen) atoms. The number of aromatic nitrogens is 3. The molecule has 0 aliphatic heterocycles. The number of hydrogen-bond acceptors (Lipinski definition) is 5. The molecule has 1 unspecified atom stereocenters. The molecule has 1 aliphatic rings. The molecule has 2 heterocycles. The van der Waals surface area contributed by atoms with Crippen molar-refractivity contribution in [3.8, 4) is 23.3 Å². The molecule has 1 saturated carbocycles. The van der Waals surface area contributed by atoms with Crippen LogP contribution in [0.2, 0.25) is 0 Å². The van der Waals surface area contributed by atoms with E-state index in [0.29, 0.717) is 11.3 Å². The summed E-state index contributed by atoms with van der Waals surface area (Å²) in [6.07, 6.45) is 3.28. The number of aliphatic hydroxyl groups is 1. The fourth-order valence-electron chi connectivity index (χ4n) is 2.71. The first-order valence-corrected chi connectivity index (χ1v) is 9.17. The Morgan fingerprint density at radius 1 is 0.900 bits per heavy atom. The van der Waals surface area contributed by atoms with Crippen molar-refractivity contribution in [2.24, 2.45) is 5.92 Å². The van der Waals surface area contributed by atoms with Gasteiger partial charge in [0, 0.05) is 23.9 Å². The molecule has 152 valence electrons. The normalized spacial score (nSPS) is 15.6. The number of ether oxygens (including phenoxy) is 1. The molecule has 0 amide bonds. The highest BCUT2D eigenvalue weighted by atomic mass is 19.4. The maximum atomic E-state index is 12.7. The Labute approximate surface area is 170 Å². The third kappa shape index (κ3) is 4.42. The molecule has 1 fully saturated rings. The maximum absolute atomic E-state index is 12.7. The topological polar surface area (TPSA) is 68.1 Å². The Kier molecular flexibility index (Phi) is 5.14. The summed E-state index contributed by atoms with van der Waals surface area (Å²) in [6, 6.07) is 7.46. The summed E-state index contributed by atoms with van der Waals surface area (Å²) < 4.78 is 43.5. The molecular weight excluding hydrogens is 395 g/mol. The summed E-state index contributed by atoms with van der Waals surface area (Å²) in [6.45, 7) is 0. The molecular formula is C22H16F3N3O2. The van der Waals surface area contributed by atoms with Gasteiger partial charge in [0.25, 0.3) is 0 Å². The van der Waals surface area contributed by atoms with Gasteiger partial charge in [0.15, 0.2) is 5.60 Å². The van der Waals surface area contributed by atoms with Crippen LogP contribution in [0.5, 0.6) is 11.5 Å². The number of pyridine rings is 1. The minimum Gasteiger partial charge on any atom is -0.456 e. The van der Waals surface area contributed by atoms with Crippen molar-refractivity contribution in [3.63, 3.8) is 0 Å². The second kappa shape index (κ2) is 7.76. The highest BCUT2D eigenvalue weighted by Crippen LogP contribution is 2.33. The van der Waals surface area contributed by atoms with Crippen molar-refractivity contribution in [2.45, 2.75) is 24.6 Å². The SMILES string of the molecule is OC(C#CC1CC1)(c1cncnc1)c1ccc(Oc2ccc(C(F)(F)F)cc2)cn1. The minimum atomic E-state index is -4.41. The van der Waals surface area contributed by atoms with Crippen LogP contribution in [0.15, 0.2) is 61.3 Å². The Balaban J connectivity index is 1.57. The van der Waals surface area contributed by atoms with Gasteiger partial charge in [-0.1, -0.05) is 11.8 Å². The van der Waals surface area contributed by atoms with Crippen molar-refractivity contribution in [3.05, 3.63) is 78.1 Å². The summed E-state index contributed by atoms with van der Waals surface area (Å²) in [7, 11) is 0. The van der Waals surface area contributed by atoms with Gasteiger partial charge in [-0.3, -0.25) is 4.98 Å². The lowest BCUT2D eigenvalue weighted by Crippen LogP contribution is -2.27. The fraction of sp³-hybridized carbons (Fsp3) is 0.227. The van der Waals surface area contributed by atoms with Gasteiger partial charge in [0.05, 0.1) is 17.5 Å². The van der Waals surface area contributed by atoms with Crippen LogP contribution >= 0.6 is 0 Å². The van der Waals surface area contributed by atoms with E-state index in [-0.39, 0.29) is 17.4 Å². The van der Waals surface area contributed by atoms with Gasteiger partial charge in [-0.15, -0.1) is 0 Å². The Morgan fingerprint density at radius 2 is 1.57 bits per heavy atom. The lowest BCUT2D eigenvalue weighted by atomic mass is 9.92. The average molecular weight is 411 g/mol. The van der Waals surface area contributed by atoms with Gasteiger partial charge in [-0.25, -0.2) is 9.97 Å². The number of hydrogen-bond donors (Lipinski definition) is 1. The van der Waals surface area contributed by atoms with Crippen LogP contribution in [0.3, 0.4) is 0 Å². The van der Waals surface area contributed by atoms with Crippen molar-refractivity contribution < 1.29 is 23.0 Å². The molecule has 1 N–H and O–H groups in total. The molecule has 0 saturated heterocycles. The summed E-state index contributed by atoms with van der Waals surface area (Å²) in [5.41, 5.74) is -1.78. The highest BCUT2D eigenvalue weighted by Gasteiger charge is 2.33. The van der Waals surface area contributed by atoms with Gasteiger partial charge < -0.3 is 9.84 Å². The first kappa shape index (κ1) is 19.9. The monoisotopic (exact) mass is 411 g/mol. The second-order valence-electron chi connectivity index (χ2n) is 6.88. The van der Waals surface area contributed by atoms with E-state index in [0.717, 1.165) is 25.0 Å². The van der Waals surface area contributed by atoms with Gasteiger partial charge >= 0.3 is 6.18 Å². The van der Waals surface area contributed by atoms with Crippen LogP contribution in [-0.2, 0) is 11.8 Å². The van der Waals surface area contributed by atoms with Gasteiger partial charge in [0.2, 0.25) is 0 Å². The number of rotatable bonds is 4. The van der Waals surface area contributed by atoms with Crippen molar-refractivity contribution in [1.82, 2.24) is 15.0 Å². The summed E-state index contributed by atoms with van der Waals surface area (Å²) in [5, 5.41) is 11.3. The molecule has 2 aromatic heterocycles. The smallest absolute Gasteiger partial charge is 0.416 e. The summed E-state index contributed by atoms with van der Waals surface area (Å²) in [4.78, 5) is 12.2. The number of nitrogens with zero attached hydrogens (tertiary/aromatic N) is 3. The number of alkyl halides is 3. The quantitative estimate of drug-likeness (QED) is 0.648. The van der Waals surface area contributed by atoms with Crippen LogP contribution in [0, 0.1) is 17.8 Å². The van der Waals surface area contributed by atoms with Crippen LogP contribution < -0.4 is 4.74 Å². The van der Waals surface area contributed by atoms with E-state index in [9.17, 15) is 18.3 Å². The third-order valence-electron chi connectivity index (χ3n) is 4.54. The maximum Gasteiger partial charge on any atom is 0.416 e. The lowest BCUT2D eigenvalue weighted by Gasteiger charge is -2.21. The summed E-state index contributed by atoms with van der Waals surface area (Å²) in [5.74, 6) is 6.75. The third-order valence-corrected chi connectivity index (χ3v) is 4.54. The summed E-state index contributed by atoms with van der Waals surface area (Å²) >= 11 is 0. The van der Waals surface area contributed by atoms with E-state index in [1.165, 1.54) is 37.1 Å². The molecule has 0 spiro atoms. The Morgan fingerprint density at radius 3 is 2.13 bits per heavy atom. The lowest BCUT2D eigenvalue weighted by molar-refractivity contribution is -0.137. The molecule has 1 aliphatic carbocycles. The standard InChI is InChI=1S/C22H16F3N3O2/c23-22(24,25)16-3-5-18(6-4-16)30-19-7-8-20(28-13-19)21(29,10-9-15-1-2-15)17-11-26-14-27-12-17/h3-8,11-15,29H,1-2H2. The van der Waals surface area contributed by atoms with Crippen LogP contribution in [-0.4, -0.2) is 20.1 Å². The minimum absolute atomic E-state index is 0.234. The zero-order valence-electron chi connectivity index (χ0n) is 15.6. The molecule has 0 bridgehead atoms. The predicted octanol–water partition coefficient (Wildman–Crippen LogP) is 4.33. The Bertz CT molecular complexity index is 1070. The largest absolute Gasteiger partial charge is 0.456 e.